The lowest BCUT2D eigenvalue weighted by Gasteiger charge is -2.26. The topological polar surface area (TPSA) is 89.6 Å². The molecule has 11 rings (SSSR count). The molecule has 0 fully saturated rings. The smallest absolute Gasteiger partial charge is 0.227 e. The summed E-state index contributed by atoms with van der Waals surface area (Å²) < 4.78 is 18.4. The molecule has 7 heteroatoms. The monoisotopic (exact) mass is 714 g/mol. The summed E-state index contributed by atoms with van der Waals surface area (Å²) in [7, 11) is 0. The Morgan fingerprint density at radius 3 is 1.78 bits per heavy atom. The first-order valence-electron chi connectivity index (χ1n) is 18.8. The number of furan rings is 1. The number of aliphatic imine (C=N–C) groups is 1. The van der Waals surface area contributed by atoms with Gasteiger partial charge in [-0.3, -0.25) is 4.99 Å². The highest BCUT2D eigenvalue weighted by Crippen LogP contribution is 2.39. The van der Waals surface area contributed by atoms with E-state index < -0.39 is 0 Å². The number of aryl methyl sites for hydroxylation is 1. The van der Waals surface area contributed by atoms with Crippen LogP contribution in [0.1, 0.15) is 47.8 Å². The number of nitrogens with one attached hydrogen (secondary N) is 1. The molecule has 4 heterocycles. The summed E-state index contributed by atoms with van der Waals surface area (Å²) in [5.41, 5.74) is 14.4. The maximum atomic E-state index is 6.26. The Hall–Kier alpha value is -6.99. The molecule has 264 valence electrons. The van der Waals surface area contributed by atoms with E-state index in [1.165, 1.54) is 27.7 Å². The van der Waals surface area contributed by atoms with Gasteiger partial charge in [0, 0.05) is 27.8 Å². The van der Waals surface area contributed by atoms with Crippen LogP contribution in [0.2, 0.25) is 0 Å². The van der Waals surface area contributed by atoms with Crippen molar-refractivity contribution in [1.82, 2.24) is 15.3 Å². The van der Waals surface area contributed by atoms with Crippen molar-refractivity contribution in [3.05, 3.63) is 179 Å². The Bertz CT molecular complexity index is 2880. The Morgan fingerprint density at radius 1 is 0.527 bits per heavy atom. The minimum Gasteiger partial charge on any atom is -0.456 e. The SMILES string of the molecule is C1=C(C2=Cc3oc4ccccc4c3CC2)CCC(C2=NC(c3ccc(-c4nc5ccccc5o4)cc3)C=C(c3ccc(-c4nc5ccccc5o4)cc3)N2)=C1. The lowest BCUT2D eigenvalue weighted by Crippen LogP contribution is -2.29. The van der Waals surface area contributed by atoms with Crippen molar-refractivity contribution in [1.29, 1.82) is 0 Å². The third-order valence-corrected chi connectivity index (χ3v) is 10.9. The van der Waals surface area contributed by atoms with Gasteiger partial charge < -0.3 is 18.6 Å². The van der Waals surface area contributed by atoms with E-state index in [9.17, 15) is 0 Å². The molecule has 7 nitrogen and oxygen atoms in total. The van der Waals surface area contributed by atoms with Gasteiger partial charge in [-0.2, -0.15) is 0 Å². The first-order chi connectivity index (χ1) is 27.2. The van der Waals surface area contributed by atoms with Gasteiger partial charge >= 0.3 is 0 Å². The number of rotatable bonds is 6. The molecule has 55 heavy (non-hydrogen) atoms. The summed E-state index contributed by atoms with van der Waals surface area (Å²) >= 11 is 0. The number of benzene rings is 5. The number of para-hydroxylation sites is 5. The van der Waals surface area contributed by atoms with Gasteiger partial charge in [0.15, 0.2) is 11.2 Å². The Morgan fingerprint density at radius 2 is 1.11 bits per heavy atom. The Kier molecular flexibility index (Phi) is 7.37. The largest absolute Gasteiger partial charge is 0.456 e. The standard InChI is InChI=1S/C48H34N4O3/c1-4-10-42-36(7-1)37-26-25-35(27-45(37)53-42)29-13-19-32(20-14-29)46-49-40(30-15-21-33(22-16-30)47-51-38-8-2-5-11-43(38)54-47)28-41(50-46)31-17-23-34(24-18-31)48-52-39-9-3-6-12-44(39)55-48/h1-13,15-19,21-24,27-28,40H,14,20,25-26H2,(H,49,50). The molecule has 0 amide bonds. The first kappa shape index (κ1) is 31.5. The van der Waals surface area contributed by atoms with Crippen LogP contribution >= 0.6 is 0 Å². The van der Waals surface area contributed by atoms with Gasteiger partial charge in [-0.05, 0) is 120 Å². The average Bonchev–Trinajstić information content (AvgIpc) is 3.99. The van der Waals surface area contributed by atoms with Crippen molar-refractivity contribution >= 4 is 50.8 Å². The van der Waals surface area contributed by atoms with Crippen LogP contribution in [0.3, 0.4) is 0 Å². The highest BCUT2D eigenvalue weighted by molar-refractivity contribution is 6.05. The predicted octanol–water partition coefficient (Wildman–Crippen LogP) is 11.8. The maximum absolute atomic E-state index is 6.26. The van der Waals surface area contributed by atoms with E-state index in [-0.39, 0.29) is 6.04 Å². The molecule has 3 aliphatic rings. The summed E-state index contributed by atoms with van der Waals surface area (Å²) in [4.78, 5) is 14.7. The summed E-state index contributed by atoms with van der Waals surface area (Å²) in [5.74, 6) is 3.11. The Balaban J connectivity index is 0.915. The minimum absolute atomic E-state index is 0.195. The molecule has 0 bridgehead atoms. The van der Waals surface area contributed by atoms with E-state index in [4.69, 9.17) is 28.2 Å². The molecule has 1 atom stereocenters. The average molecular weight is 715 g/mol. The zero-order chi connectivity index (χ0) is 36.3. The zero-order valence-corrected chi connectivity index (χ0v) is 29.8. The van der Waals surface area contributed by atoms with Crippen molar-refractivity contribution < 1.29 is 13.3 Å². The molecule has 1 aliphatic heterocycles. The highest BCUT2D eigenvalue weighted by atomic mass is 16.4. The number of hydrogen-bond acceptors (Lipinski definition) is 7. The van der Waals surface area contributed by atoms with Crippen LogP contribution in [0.4, 0.5) is 0 Å². The molecular weight excluding hydrogens is 681 g/mol. The van der Waals surface area contributed by atoms with Gasteiger partial charge in [-0.15, -0.1) is 0 Å². The third-order valence-electron chi connectivity index (χ3n) is 10.9. The van der Waals surface area contributed by atoms with Crippen LogP contribution in [0.25, 0.3) is 67.9 Å². The van der Waals surface area contributed by atoms with Crippen LogP contribution in [0.15, 0.2) is 175 Å². The predicted molar refractivity (Wildman–Crippen MR) is 218 cm³/mol. The van der Waals surface area contributed by atoms with Gasteiger partial charge in [0.25, 0.3) is 0 Å². The summed E-state index contributed by atoms with van der Waals surface area (Å²) in [5, 5.41) is 4.94. The number of fused-ring (bicyclic) bond motifs is 5. The van der Waals surface area contributed by atoms with Crippen LogP contribution in [-0.2, 0) is 6.42 Å². The lowest BCUT2D eigenvalue weighted by molar-refractivity contribution is 0.593. The van der Waals surface area contributed by atoms with Crippen molar-refractivity contribution in [2.24, 2.45) is 4.99 Å². The van der Waals surface area contributed by atoms with Gasteiger partial charge in [-0.1, -0.05) is 78.9 Å². The highest BCUT2D eigenvalue weighted by Gasteiger charge is 2.25. The second-order valence-electron chi connectivity index (χ2n) is 14.3. The fourth-order valence-electron chi connectivity index (χ4n) is 7.98. The van der Waals surface area contributed by atoms with Gasteiger partial charge in [0.1, 0.15) is 28.2 Å². The second kappa shape index (κ2) is 12.8. The molecule has 0 saturated heterocycles. The van der Waals surface area contributed by atoms with Crippen molar-refractivity contribution in [3.63, 3.8) is 0 Å². The molecule has 3 aromatic heterocycles. The lowest BCUT2D eigenvalue weighted by atomic mass is 9.86. The normalized spacial score (nSPS) is 16.9. The zero-order valence-electron chi connectivity index (χ0n) is 29.8. The van der Waals surface area contributed by atoms with E-state index in [1.807, 2.05) is 54.6 Å². The summed E-state index contributed by atoms with van der Waals surface area (Å²) in [6, 6.07) is 40.6. The number of nitrogens with zero attached hydrogens (tertiary/aromatic N) is 3. The van der Waals surface area contributed by atoms with Gasteiger partial charge in [-0.25, -0.2) is 9.97 Å². The molecule has 0 radical (unpaired) electrons. The number of amidine groups is 1. The van der Waals surface area contributed by atoms with Crippen LogP contribution in [-0.4, -0.2) is 15.8 Å². The van der Waals surface area contributed by atoms with E-state index in [0.717, 1.165) is 93.0 Å². The van der Waals surface area contributed by atoms with E-state index in [0.29, 0.717) is 11.8 Å². The number of hydrogen-bond donors (Lipinski definition) is 1. The maximum Gasteiger partial charge on any atom is 0.227 e. The van der Waals surface area contributed by atoms with E-state index >= 15 is 0 Å². The molecular formula is C48H34N4O3. The van der Waals surface area contributed by atoms with Crippen LogP contribution in [0.5, 0.6) is 0 Å². The van der Waals surface area contributed by atoms with Crippen molar-refractivity contribution in [2.75, 3.05) is 0 Å². The molecule has 2 aliphatic carbocycles. The fourth-order valence-corrected chi connectivity index (χ4v) is 7.98. The summed E-state index contributed by atoms with van der Waals surface area (Å²) in [6.45, 7) is 0. The quantitative estimate of drug-likeness (QED) is 0.184. The second-order valence-corrected chi connectivity index (χ2v) is 14.3. The molecule has 0 spiro atoms. The minimum atomic E-state index is -0.195. The summed E-state index contributed by atoms with van der Waals surface area (Å²) in [6.07, 6.45) is 12.8. The van der Waals surface area contributed by atoms with E-state index in [2.05, 4.69) is 96.4 Å². The first-order valence-corrected chi connectivity index (χ1v) is 18.8. The van der Waals surface area contributed by atoms with Gasteiger partial charge in [0.05, 0.1) is 6.04 Å². The molecule has 8 aromatic rings. The van der Waals surface area contributed by atoms with Crippen molar-refractivity contribution in [2.45, 2.75) is 31.7 Å². The fraction of sp³-hybridized carbons (Fsp3) is 0.104. The molecule has 1 unspecified atom stereocenters. The van der Waals surface area contributed by atoms with Crippen LogP contribution in [0, 0.1) is 0 Å². The van der Waals surface area contributed by atoms with Crippen molar-refractivity contribution in [3.8, 4) is 22.9 Å². The number of oxazole rings is 2. The molecule has 0 saturated carbocycles. The Labute approximate surface area is 316 Å². The van der Waals surface area contributed by atoms with Crippen LogP contribution < -0.4 is 5.32 Å². The number of aromatic nitrogens is 2. The number of allylic oxidation sites excluding steroid dienone is 4. The molecule has 5 aromatic carbocycles. The molecule has 1 N–H and O–H groups in total. The van der Waals surface area contributed by atoms with Gasteiger partial charge in [0.2, 0.25) is 11.8 Å². The van der Waals surface area contributed by atoms with E-state index in [1.54, 1.807) is 0 Å². The third kappa shape index (κ3) is 5.72.